The molecule has 0 heterocycles. The number of ether oxygens (including phenoxy) is 1. The van der Waals surface area contributed by atoms with E-state index >= 15 is 0 Å². The van der Waals surface area contributed by atoms with Crippen molar-refractivity contribution < 1.29 is 9.13 Å². The summed E-state index contributed by atoms with van der Waals surface area (Å²) in [4.78, 5) is 2.38. The Hall–Kier alpha value is -0.850. The van der Waals surface area contributed by atoms with Crippen LogP contribution in [0.3, 0.4) is 0 Å². The van der Waals surface area contributed by atoms with Crippen LogP contribution in [0.2, 0.25) is 0 Å². The van der Waals surface area contributed by atoms with Crippen molar-refractivity contribution in [3.8, 4) is 5.75 Å². The lowest BCUT2D eigenvalue weighted by Crippen LogP contribution is -2.31. The van der Waals surface area contributed by atoms with Gasteiger partial charge in [-0.2, -0.15) is 0 Å². The van der Waals surface area contributed by atoms with Gasteiger partial charge in [0.15, 0.2) is 0 Å². The number of benzene rings is 2. The van der Waals surface area contributed by atoms with Crippen LogP contribution in [0.5, 0.6) is 5.75 Å². The van der Waals surface area contributed by atoms with Crippen molar-refractivity contribution >= 4 is 40.7 Å². The second-order valence-corrected chi connectivity index (χ2v) is 6.75. The SMILES string of the molecule is CCN(CC)CCNCc1cc(Br)ccc1OCc1ccccc1F.Cl.Cl. The van der Waals surface area contributed by atoms with Gasteiger partial charge < -0.3 is 15.0 Å². The molecule has 0 saturated heterocycles. The average Bonchev–Trinajstić information content (AvgIpc) is 2.62. The van der Waals surface area contributed by atoms with Gasteiger partial charge in [-0.25, -0.2) is 4.39 Å². The Kier molecular flexibility index (Phi) is 13.7. The first kappa shape index (κ1) is 26.1. The zero-order chi connectivity index (χ0) is 18.1. The largest absolute Gasteiger partial charge is 0.488 e. The molecule has 1 N–H and O–H groups in total. The van der Waals surface area contributed by atoms with E-state index in [9.17, 15) is 4.39 Å². The highest BCUT2D eigenvalue weighted by molar-refractivity contribution is 9.10. The Balaban J connectivity index is 0.00000338. The molecule has 0 aromatic heterocycles. The minimum Gasteiger partial charge on any atom is -0.488 e. The highest BCUT2D eigenvalue weighted by Crippen LogP contribution is 2.24. The number of nitrogens with one attached hydrogen (secondary N) is 1. The maximum absolute atomic E-state index is 13.7. The molecule has 7 heteroatoms. The molecule has 0 radical (unpaired) electrons. The molecule has 2 rings (SSSR count). The molecule has 0 atom stereocenters. The lowest BCUT2D eigenvalue weighted by Gasteiger charge is -2.18. The van der Waals surface area contributed by atoms with Gasteiger partial charge in [0.1, 0.15) is 18.2 Å². The number of likely N-dealkylation sites (N-methyl/N-ethyl adjacent to an activating group) is 1. The maximum atomic E-state index is 13.7. The number of nitrogens with zero attached hydrogens (tertiary/aromatic N) is 1. The number of halogens is 4. The van der Waals surface area contributed by atoms with E-state index in [-0.39, 0.29) is 37.2 Å². The van der Waals surface area contributed by atoms with Crippen LogP contribution in [0.4, 0.5) is 4.39 Å². The van der Waals surface area contributed by atoms with Crippen molar-refractivity contribution in [3.63, 3.8) is 0 Å². The van der Waals surface area contributed by atoms with Gasteiger partial charge in [0.05, 0.1) is 0 Å². The molecule has 0 fully saturated rings. The molecule has 2 aromatic carbocycles. The second kappa shape index (κ2) is 14.2. The molecule has 0 saturated carbocycles. The van der Waals surface area contributed by atoms with Crippen LogP contribution in [-0.2, 0) is 13.2 Å². The summed E-state index contributed by atoms with van der Waals surface area (Å²) in [6.45, 7) is 9.35. The quantitative estimate of drug-likeness (QED) is 0.457. The first-order valence-corrected chi connectivity index (χ1v) is 9.51. The van der Waals surface area contributed by atoms with E-state index in [0.717, 1.165) is 42.0 Å². The van der Waals surface area contributed by atoms with Crippen LogP contribution in [0.15, 0.2) is 46.9 Å². The zero-order valence-corrected chi connectivity index (χ0v) is 18.9. The molecule has 0 bridgehead atoms. The Morgan fingerprint density at radius 1 is 1.04 bits per heavy atom. The molecule has 0 amide bonds. The van der Waals surface area contributed by atoms with E-state index in [2.05, 4.69) is 40.0 Å². The van der Waals surface area contributed by atoms with E-state index in [1.165, 1.54) is 6.07 Å². The Bertz CT molecular complexity index is 672. The van der Waals surface area contributed by atoms with Gasteiger partial charge in [-0.3, -0.25) is 0 Å². The number of hydrogen-bond acceptors (Lipinski definition) is 3. The Morgan fingerprint density at radius 2 is 1.74 bits per heavy atom. The van der Waals surface area contributed by atoms with Gasteiger partial charge in [0.2, 0.25) is 0 Å². The average molecular weight is 482 g/mol. The fourth-order valence-corrected chi connectivity index (χ4v) is 3.01. The molecular formula is C20H28BrCl2FN2O. The van der Waals surface area contributed by atoms with Gasteiger partial charge >= 0.3 is 0 Å². The van der Waals surface area contributed by atoms with Crippen LogP contribution < -0.4 is 10.1 Å². The molecule has 0 aliphatic carbocycles. The van der Waals surface area contributed by atoms with E-state index in [0.29, 0.717) is 12.1 Å². The van der Waals surface area contributed by atoms with Gasteiger partial charge in [-0.05, 0) is 37.4 Å². The van der Waals surface area contributed by atoms with E-state index in [4.69, 9.17) is 4.74 Å². The van der Waals surface area contributed by atoms with E-state index in [1.54, 1.807) is 12.1 Å². The number of rotatable bonds is 10. The molecule has 27 heavy (non-hydrogen) atoms. The summed E-state index contributed by atoms with van der Waals surface area (Å²) in [5.74, 6) is 0.542. The highest BCUT2D eigenvalue weighted by atomic mass is 79.9. The predicted molar refractivity (Wildman–Crippen MR) is 119 cm³/mol. The third-order valence-electron chi connectivity index (χ3n) is 4.18. The monoisotopic (exact) mass is 480 g/mol. The third-order valence-corrected chi connectivity index (χ3v) is 4.67. The van der Waals surface area contributed by atoms with Gasteiger partial charge in [0, 0.05) is 35.2 Å². The third kappa shape index (κ3) is 8.79. The van der Waals surface area contributed by atoms with Crippen molar-refractivity contribution in [3.05, 3.63) is 63.9 Å². The van der Waals surface area contributed by atoms with Crippen LogP contribution in [-0.4, -0.2) is 31.1 Å². The summed E-state index contributed by atoms with van der Waals surface area (Å²) in [7, 11) is 0. The van der Waals surface area contributed by atoms with Crippen LogP contribution >= 0.6 is 40.7 Å². The van der Waals surface area contributed by atoms with Crippen molar-refractivity contribution in [2.24, 2.45) is 0 Å². The Morgan fingerprint density at radius 3 is 2.41 bits per heavy atom. The van der Waals surface area contributed by atoms with Crippen LogP contribution in [0.1, 0.15) is 25.0 Å². The summed E-state index contributed by atoms with van der Waals surface area (Å²) in [5, 5.41) is 3.46. The van der Waals surface area contributed by atoms with E-state index in [1.807, 2.05) is 24.3 Å². The van der Waals surface area contributed by atoms with Crippen molar-refractivity contribution in [2.45, 2.75) is 27.0 Å². The smallest absolute Gasteiger partial charge is 0.129 e. The maximum Gasteiger partial charge on any atom is 0.129 e. The molecule has 0 aliphatic heterocycles. The fourth-order valence-electron chi connectivity index (χ4n) is 2.60. The minimum absolute atomic E-state index is 0. The summed E-state index contributed by atoms with van der Waals surface area (Å²) < 4.78 is 20.6. The topological polar surface area (TPSA) is 24.5 Å². The second-order valence-electron chi connectivity index (χ2n) is 5.84. The molecule has 0 aliphatic rings. The van der Waals surface area contributed by atoms with Crippen molar-refractivity contribution in [2.75, 3.05) is 26.2 Å². The van der Waals surface area contributed by atoms with Crippen molar-refractivity contribution in [1.29, 1.82) is 0 Å². The van der Waals surface area contributed by atoms with Crippen LogP contribution in [0.25, 0.3) is 0 Å². The Labute approximate surface area is 182 Å². The van der Waals surface area contributed by atoms with Crippen molar-refractivity contribution in [1.82, 2.24) is 10.2 Å². The molecule has 2 aromatic rings. The van der Waals surface area contributed by atoms with Gasteiger partial charge in [-0.15, -0.1) is 24.8 Å². The van der Waals surface area contributed by atoms with E-state index < -0.39 is 0 Å². The van der Waals surface area contributed by atoms with Gasteiger partial charge in [-0.1, -0.05) is 48.0 Å². The molecule has 0 unspecified atom stereocenters. The van der Waals surface area contributed by atoms with Gasteiger partial charge in [0.25, 0.3) is 0 Å². The van der Waals surface area contributed by atoms with Crippen LogP contribution in [0, 0.1) is 5.82 Å². The summed E-state index contributed by atoms with van der Waals surface area (Å²) in [5.41, 5.74) is 1.62. The molecular weight excluding hydrogens is 454 g/mol. The molecule has 3 nitrogen and oxygen atoms in total. The summed E-state index contributed by atoms with van der Waals surface area (Å²) in [6.07, 6.45) is 0. The summed E-state index contributed by atoms with van der Waals surface area (Å²) in [6, 6.07) is 12.6. The minimum atomic E-state index is -0.237. The first-order valence-electron chi connectivity index (χ1n) is 8.71. The number of hydrogen-bond donors (Lipinski definition) is 1. The summed E-state index contributed by atoms with van der Waals surface area (Å²) >= 11 is 3.51. The fraction of sp³-hybridized carbons (Fsp3) is 0.400. The molecule has 0 spiro atoms. The highest BCUT2D eigenvalue weighted by Gasteiger charge is 2.07. The standard InChI is InChI=1S/C20H26BrFN2O.2ClH/c1-3-24(4-2)12-11-23-14-17-13-18(21)9-10-20(17)25-15-16-7-5-6-8-19(16)22;;/h5-10,13,23H,3-4,11-12,14-15H2,1-2H3;2*1H. The lowest BCUT2D eigenvalue weighted by molar-refractivity contribution is 0.292. The zero-order valence-electron chi connectivity index (χ0n) is 15.7. The first-order chi connectivity index (χ1) is 12.1. The molecule has 152 valence electrons. The predicted octanol–water partition coefficient (Wildman–Crippen LogP) is 5.44. The normalized spacial score (nSPS) is 10.3. The lowest BCUT2D eigenvalue weighted by atomic mass is 10.2.